The second-order valence-corrected chi connectivity index (χ2v) is 5.17. The van der Waals surface area contributed by atoms with Gasteiger partial charge in [0.2, 0.25) is 0 Å². The number of fused-ring (bicyclic) bond motifs is 1. The Morgan fingerprint density at radius 1 is 1.50 bits per heavy atom. The van der Waals surface area contributed by atoms with E-state index < -0.39 is 0 Å². The topological polar surface area (TPSA) is 47.8 Å². The first-order chi connectivity index (χ1) is 9.80. The van der Waals surface area contributed by atoms with E-state index in [0.29, 0.717) is 12.5 Å². The summed E-state index contributed by atoms with van der Waals surface area (Å²) in [5, 5.41) is 3.16. The number of ether oxygens (including phenoxy) is 2. The first kappa shape index (κ1) is 13.2. The molecule has 5 nitrogen and oxygen atoms in total. The lowest BCUT2D eigenvalue weighted by Gasteiger charge is -2.09. The van der Waals surface area contributed by atoms with Crippen LogP contribution in [0.2, 0.25) is 0 Å². The van der Waals surface area contributed by atoms with E-state index in [0.717, 1.165) is 48.8 Å². The maximum absolute atomic E-state index is 5.64. The third kappa shape index (κ3) is 2.58. The molecule has 1 saturated heterocycles. The van der Waals surface area contributed by atoms with Crippen molar-refractivity contribution in [1.29, 1.82) is 0 Å². The molecule has 1 N–H and O–H groups in total. The van der Waals surface area contributed by atoms with Gasteiger partial charge >= 0.3 is 0 Å². The molecule has 0 spiro atoms. The molecule has 0 aliphatic carbocycles. The molecule has 1 aliphatic rings. The smallest absolute Gasteiger partial charge is 0.147 e. The van der Waals surface area contributed by atoms with Crippen LogP contribution in [-0.4, -0.2) is 36.3 Å². The standard InChI is InChI=1S/C15H21N3O2/c1-3-20-14-7-15-17-12(6-11-4-5-19-10-11)8-18(15)9-13(14)16-2/h7-9,11,16H,3-6,10H2,1-2H3. The van der Waals surface area contributed by atoms with Gasteiger partial charge in [-0.2, -0.15) is 0 Å². The van der Waals surface area contributed by atoms with Gasteiger partial charge in [0, 0.05) is 38.7 Å². The summed E-state index contributed by atoms with van der Waals surface area (Å²) in [7, 11) is 1.90. The molecule has 5 heteroatoms. The molecule has 2 aromatic heterocycles. The third-order valence-electron chi connectivity index (χ3n) is 3.70. The van der Waals surface area contributed by atoms with Crippen LogP contribution in [0, 0.1) is 5.92 Å². The van der Waals surface area contributed by atoms with Gasteiger partial charge in [-0.15, -0.1) is 0 Å². The van der Waals surface area contributed by atoms with Crippen LogP contribution in [0.5, 0.6) is 5.75 Å². The number of nitrogens with one attached hydrogen (secondary N) is 1. The summed E-state index contributed by atoms with van der Waals surface area (Å²) in [4.78, 5) is 4.69. The SMILES string of the molecule is CCOc1cc2nc(CC3CCOC3)cn2cc1NC. The zero-order chi connectivity index (χ0) is 13.9. The Morgan fingerprint density at radius 3 is 3.10 bits per heavy atom. The molecule has 3 rings (SSSR count). The highest BCUT2D eigenvalue weighted by Gasteiger charge is 2.18. The summed E-state index contributed by atoms with van der Waals surface area (Å²) >= 11 is 0. The monoisotopic (exact) mass is 275 g/mol. The van der Waals surface area contributed by atoms with Crippen molar-refractivity contribution in [2.75, 3.05) is 32.2 Å². The third-order valence-corrected chi connectivity index (χ3v) is 3.70. The minimum absolute atomic E-state index is 0.607. The highest BCUT2D eigenvalue weighted by molar-refractivity contribution is 5.61. The van der Waals surface area contributed by atoms with Crippen LogP contribution in [-0.2, 0) is 11.2 Å². The fourth-order valence-corrected chi connectivity index (χ4v) is 2.67. The first-order valence-electron chi connectivity index (χ1n) is 7.20. The average molecular weight is 275 g/mol. The number of hydrogen-bond donors (Lipinski definition) is 1. The van der Waals surface area contributed by atoms with E-state index in [-0.39, 0.29) is 0 Å². The largest absolute Gasteiger partial charge is 0.492 e. The van der Waals surface area contributed by atoms with Crippen LogP contribution in [0.25, 0.3) is 5.65 Å². The molecule has 0 radical (unpaired) electrons. The van der Waals surface area contributed by atoms with E-state index in [1.807, 2.05) is 26.2 Å². The molecule has 1 aliphatic heterocycles. The Kier molecular flexibility index (Phi) is 3.78. The summed E-state index contributed by atoms with van der Waals surface area (Å²) in [5.74, 6) is 1.46. The lowest BCUT2D eigenvalue weighted by Crippen LogP contribution is -2.03. The van der Waals surface area contributed by atoms with Crippen molar-refractivity contribution in [3.05, 3.63) is 24.2 Å². The molecule has 0 aromatic carbocycles. The van der Waals surface area contributed by atoms with Crippen molar-refractivity contribution in [3.63, 3.8) is 0 Å². The van der Waals surface area contributed by atoms with Crippen molar-refractivity contribution in [2.45, 2.75) is 19.8 Å². The van der Waals surface area contributed by atoms with Gasteiger partial charge in [-0.05, 0) is 25.7 Å². The molecular formula is C15H21N3O2. The second-order valence-electron chi connectivity index (χ2n) is 5.17. The van der Waals surface area contributed by atoms with Crippen molar-refractivity contribution >= 4 is 11.3 Å². The van der Waals surface area contributed by atoms with E-state index in [4.69, 9.17) is 14.5 Å². The maximum atomic E-state index is 5.64. The lowest BCUT2D eigenvalue weighted by molar-refractivity contribution is 0.185. The molecule has 108 valence electrons. The van der Waals surface area contributed by atoms with E-state index in [1.54, 1.807) is 0 Å². The number of nitrogens with zero attached hydrogens (tertiary/aromatic N) is 2. The van der Waals surface area contributed by atoms with Gasteiger partial charge < -0.3 is 19.2 Å². The van der Waals surface area contributed by atoms with E-state index in [9.17, 15) is 0 Å². The number of imidazole rings is 1. The van der Waals surface area contributed by atoms with E-state index >= 15 is 0 Å². The van der Waals surface area contributed by atoms with Crippen molar-refractivity contribution < 1.29 is 9.47 Å². The highest BCUT2D eigenvalue weighted by Crippen LogP contribution is 2.26. The Bertz CT molecular complexity index is 588. The molecule has 1 atom stereocenters. The van der Waals surface area contributed by atoms with Crippen LogP contribution in [0.3, 0.4) is 0 Å². The highest BCUT2D eigenvalue weighted by atomic mass is 16.5. The zero-order valence-electron chi connectivity index (χ0n) is 12.1. The normalized spacial score (nSPS) is 18.6. The average Bonchev–Trinajstić information content (AvgIpc) is 3.07. The molecule has 0 bridgehead atoms. The minimum Gasteiger partial charge on any atom is -0.492 e. The predicted molar refractivity (Wildman–Crippen MR) is 78.5 cm³/mol. The van der Waals surface area contributed by atoms with Crippen LogP contribution in [0.15, 0.2) is 18.5 Å². The number of aromatic nitrogens is 2. The number of rotatable bonds is 5. The van der Waals surface area contributed by atoms with Crippen molar-refractivity contribution in [1.82, 2.24) is 9.38 Å². The van der Waals surface area contributed by atoms with Crippen LogP contribution in [0.4, 0.5) is 5.69 Å². The molecule has 1 fully saturated rings. The summed E-state index contributed by atoms with van der Waals surface area (Å²) in [6, 6.07) is 1.99. The summed E-state index contributed by atoms with van der Waals surface area (Å²) < 4.78 is 13.1. The van der Waals surface area contributed by atoms with Crippen molar-refractivity contribution in [2.24, 2.45) is 5.92 Å². The fourth-order valence-electron chi connectivity index (χ4n) is 2.67. The zero-order valence-corrected chi connectivity index (χ0v) is 12.1. The van der Waals surface area contributed by atoms with Crippen LogP contribution in [0.1, 0.15) is 19.0 Å². The molecule has 1 unspecified atom stereocenters. The summed E-state index contributed by atoms with van der Waals surface area (Å²) in [5.41, 5.74) is 3.03. The predicted octanol–water partition coefficient (Wildman–Crippen LogP) is 2.35. The van der Waals surface area contributed by atoms with Gasteiger partial charge in [0.05, 0.1) is 18.0 Å². The molecule has 0 amide bonds. The summed E-state index contributed by atoms with van der Waals surface area (Å²) in [6.45, 7) is 4.38. The van der Waals surface area contributed by atoms with Gasteiger partial charge in [0.1, 0.15) is 11.4 Å². The summed E-state index contributed by atoms with van der Waals surface area (Å²) in [6.07, 6.45) is 6.26. The van der Waals surface area contributed by atoms with Gasteiger partial charge in [-0.25, -0.2) is 4.98 Å². The Hall–Kier alpha value is -1.75. The fraction of sp³-hybridized carbons (Fsp3) is 0.533. The van der Waals surface area contributed by atoms with E-state index in [2.05, 4.69) is 15.9 Å². The minimum atomic E-state index is 0.607. The molecule has 20 heavy (non-hydrogen) atoms. The Balaban J connectivity index is 1.89. The second kappa shape index (κ2) is 5.71. The molecule has 3 heterocycles. The van der Waals surface area contributed by atoms with Gasteiger partial charge in [-0.1, -0.05) is 0 Å². The van der Waals surface area contributed by atoms with Crippen molar-refractivity contribution in [3.8, 4) is 5.75 Å². The maximum Gasteiger partial charge on any atom is 0.147 e. The lowest BCUT2D eigenvalue weighted by atomic mass is 10.0. The number of pyridine rings is 1. The van der Waals surface area contributed by atoms with Crippen LogP contribution < -0.4 is 10.1 Å². The quantitative estimate of drug-likeness (QED) is 0.910. The van der Waals surface area contributed by atoms with Gasteiger partial charge in [0.15, 0.2) is 0 Å². The Labute approximate surface area is 118 Å². The van der Waals surface area contributed by atoms with E-state index in [1.165, 1.54) is 0 Å². The number of hydrogen-bond acceptors (Lipinski definition) is 4. The molecule has 0 saturated carbocycles. The molecule has 2 aromatic rings. The Morgan fingerprint density at radius 2 is 2.40 bits per heavy atom. The number of anilines is 1. The molecular weight excluding hydrogens is 254 g/mol. The van der Waals surface area contributed by atoms with Gasteiger partial charge in [-0.3, -0.25) is 0 Å². The van der Waals surface area contributed by atoms with Gasteiger partial charge in [0.25, 0.3) is 0 Å². The van der Waals surface area contributed by atoms with Crippen LogP contribution >= 0.6 is 0 Å². The first-order valence-corrected chi connectivity index (χ1v) is 7.20.